The third-order valence-corrected chi connectivity index (χ3v) is 5.21. The normalized spacial score (nSPS) is 39.0. The van der Waals surface area contributed by atoms with Crippen molar-refractivity contribution in [3.63, 3.8) is 0 Å². The summed E-state index contributed by atoms with van der Waals surface area (Å²) in [5.74, 6) is 0.619. The van der Waals surface area contributed by atoms with E-state index in [1.165, 1.54) is 19.4 Å². The number of hydrogen-bond acceptors (Lipinski definition) is 3. The number of primary amides is 1. The van der Waals surface area contributed by atoms with Gasteiger partial charge in [0.25, 0.3) is 0 Å². The van der Waals surface area contributed by atoms with E-state index in [4.69, 9.17) is 5.73 Å². The highest BCUT2D eigenvalue weighted by atomic mass is 16.1. The predicted octanol–water partition coefficient (Wildman–Crippen LogP) is 1.88. The molecule has 4 unspecified atom stereocenters. The predicted molar refractivity (Wildman–Crippen MR) is 82.4 cm³/mol. The van der Waals surface area contributed by atoms with E-state index in [1.54, 1.807) is 0 Å². The summed E-state index contributed by atoms with van der Waals surface area (Å²) in [6, 6.07) is 1.16. The smallest absolute Gasteiger partial charge is 0.237 e. The monoisotopic (exact) mass is 281 g/mol. The van der Waals surface area contributed by atoms with E-state index in [9.17, 15) is 4.79 Å². The van der Waals surface area contributed by atoms with Gasteiger partial charge in [0.2, 0.25) is 5.91 Å². The van der Waals surface area contributed by atoms with Crippen molar-refractivity contribution in [3.05, 3.63) is 0 Å². The standard InChI is InChI=1S/C16H31N3O/c1-4-8-18-16(15(17)20)7-5-6-14(10-16)19-11-12(2)9-13(19)3/h12-14,18H,4-11H2,1-3H3,(H2,17,20). The van der Waals surface area contributed by atoms with Gasteiger partial charge in [-0.25, -0.2) is 0 Å². The van der Waals surface area contributed by atoms with Gasteiger partial charge in [0, 0.05) is 18.6 Å². The van der Waals surface area contributed by atoms with Gasteiger partial charge < -0.3 is 11.1 Å². The zero-order valence-corrected chi connectivity index (χ0v) is 13.3. The van der Waals surface area contributed by atoms with Gasteiger partial charge in [0.1, 0.15) is 0 Å². The summed E-state index contributed by atoms with van der Waals surface area (Å²) in [5.41, 5.74) is 5.28. The Labute approximate surface area is 123 Å². The Kier molecular flexibility index (Phi) is 5.08. The highest BCUT2D eigenvalue weighted by molar-refractivity contribution is 5.84. The summed E-state index contributed by atoms with van der Waals surface area (Å²) < 4.78 is 0. The largest absolute Gasteiger partial charge is 0.368 e. The Bertz CT molecular complexity index is 347. The lowest BCUT2D eigenvalue weighted by Gasteiger charge is -2.43. The fraction of sp³-hybridized carbons (Fsp3) is 0.938. The van der Waals surface area contributed by atoms with Crippen molar-refractivity contribution in [1.82, 2.24) is 10.2 Å². The molecule has 3 N–H and O–H groups in total. The molecule has 4 atom stereocenters. The molecule has 0 radical (unpaired) electrons. The molecule has 0 aromatic carbocycles. The molecule has 1 heterocycles. The molecule has 0 aromatic heterocycles. The van der Waals surface area contributed by atoms with E-state index < -0.39 is 5.54 Å². The van der Waals surface area contributed by atoms with E-state index in [2.05, 4.69) is 31.0 Å². The van der Waals surface area contributed by atoms with Crippen molar-refractivity contribution in [2.24, 2.45) is 11.7 Å². The van der Waals surface area contributed by atoms with Crippen LogP contribution in [0, 0.1) is 5.92 Å². The molecular formula is C16H31N3O. The molecule has 2 fully saturated rings. The van der Waals surface area contributed by atoms with Crippen LogP contribution < -0.4 is 11.1 Å². The molecule has 116 valence electrons. The zero-order valence-electron chi connectivity index (χ0n) is 13.3. The number of nitrogens with zero attached hydrogens (tertiary/aromatic N) is 1. The maximum absolute atomic E-state index is 12.0. The van der Waals surface area contributed by atoms with Crippen molar-refractivity contribution < 1.29 is 4.79 Å². The van der Waals surface area contributed by atoms with Gasteiger partial charge in [0.15, 0.2) is 0 Å². The summed E-state index contributed by atoms with van der Waals surface area (Å²) in [6.45, 7) is 8.84. The van der Waals surface area contributed by atoms with Crippen molar-refractivity contribution in [2.75, 3.05) is 13.1 Å². The number of likely N-dealkylation sites (tertiary alicyclic amines) is 1. The quantitative estimate of drug-likeness (QED) is 0.809. The molecular weight excluding hydrogens is 250 g/mol. The Morgan fingerprint density at radius 2 is 2.20 bits per heavy atom. The van der Waals surface area contributed by atoms with Crippen LogP contribution in [0.15, 0.2) is 0 Å². The highest BCUT2D eigenvalue weighted by Gasteiger charge is 2.44. The molecule has 1 amide bonds. The molecule has 20 heavy (non-hydrogen) atoms. The van der Waals surface area contributed by atoms with Crippen LogP contribution in [-0.4, -0.2) is 41.5 Å². The molecule has 0 bridgehead atoms. The number of carbonyl (C=O) groups excluding carboxylic acids is 1. The van der Waals surface area contributed by atoms with Crippen LogP contribution in [0.1, 0.15) is 59.3 Å². The average Bonchev–Trinajstić information content (AvgIpc) is 2.75. The van der Waals surface area contributed by atoms with E-state index in [0.717, 1.165) is 38.1 Å². The molecule has 4 nitrogen and oxygen atoms in total. The molecule has 4 heteroatoms. The summed E-state index contributed by atoms with van der Waals surface area (Å²) in [6.07, 6.45) is 6.41. The number of hydrogen-bond donors (Lipinski definition) is 2. The second-order valence-corrected chi connectivity index (χ2v) is 7.01. The number of carbonyl (C=O) groups is 1. The fourth-order valence-corrected chi connectivity index (χ4v) is 4.21. The van der Waals surface area contributed by atoms with E-state index >= 15 is 0 Å². The minimum Gasteiger partial charge on any atom is -0.368 e. The van der Waals surface area contributed by atoms with Crippen molar-refractivity contribution >= 4 is 5.91 Å². The highest BCUT2D eigenvalue weighted by Crippen LogP contribution is 2.35. The summed E-state index contributed by atoms with van der Waals surface area (Å²) >= 11 is 0. The van der Waals surface area contributed by atoms with Crippen molar-refractivity contribution in [2.45, 2.75) is 76.9 Å². The maximum Gasteiger partial charge on any atom is 0.237 e. The third-order valence-electron chi connectivity index (χ3n) is 5.21. The summed E-state index contributed by atoms with van der Waals surface area (Å²) in [5, 5.41) is 3.46. The maximum atomic E-state index is 12.0. The van der Waals surface area contributed by atoms with Crippen LogP contribution in [0.4, 0.5) is 0 Å². The molecule has 1 saturated carbocycles. The number of rotatable bonds is 5. The molecule has 2 aliphatic rings. The lowest BCUT2D eigenvalue weighted by molar-refractivity contribution is -0.126. The summed E-state index contributed by atoms with van der Waals surface area (Å²) in [4.78, 5) is 14.6. The van der Waals surface area contributed by atoms with Crippen molar-refractivity contribution in [1.29, 1.82) is 0 Å². The van der Waals surface area contributed by atoms with Crippen LogP contribution in [-0.2, 0) is 4.79 Å². The molecule has 0 spiro atoms. The van der Waals surface area contributed by atoms with Crippen LogP contribution in [0.2, 0.25) is 0 Å². The number of nitrogens with two attached hydrogens (primary N) is 1. The van der Waals surface area contributed by atoms with Crippen LogP contribution in [0.3, 0.4) is 0 Å². The molecule has 0 aromatic rings. The van der Waals surface area contributed by atoms with Crippen LogP contribution in [0.5, 0.6) is 0 Å². The first-order chi connectivity index (χ1) is 9.48. The van der Waals surface area contributed by atoms with Crippen LogP contribution in [0.25, 0.3) is 0 Å². The Hall–Kier alpha value is -0.610. The summed E-state index contributed by atoms with van der Waals surface area (Å²) in [7, 11) is 0. The minimum absolute atomic E-state index is 0.157. The number of nitrogens with one attached hydrogen (secondary N) is 1. The van der Waals surface area contributed by atoms with Gasteiger partial charge in [-0.05, 0) is 57.9 Å². The SMILES string of the molecule is CCCNC1(C(N)=O)CCCC(N2CC(C)CC2C)C1. The Morgan fingerprint density at radius 1 is 1.45 bits per heavy atom. The number of amides is 1. The minimum atomic E-state index is -0.468. The Morgan fingerprint density at radius 3 is 2.75 bits per heavy atom. The third kappa shape index (κ3) is 3.17. The molecule has 1 aliphatic heterocycles. The van der Waals surface area contributed by atoms with Gasteiger partial charge in [0.05, 0.1) is 5.54 Å². The fourth-order valence-electron chi connectivity index (χ4n) is 4.21. The first kappa shape index (κ1) is 15.8. The van der Waals surface area contributed by atoms with Gasteiger partial charge >= 0.3 is 0 Å². The average molecular weight is 281 g/mol. The van der Waals surface area contributed by atoms with E-state index in [-0.39, 0.29) is 5.91 Å². The van der Waals surface area contributed by atoms with E-state index in [0.29, 0.717) is 12.1 Å². The lowest BCUT2D eigenvalue weighted by Crippen LogP contribution is -2.61. The molecule has 1 saturated heterocycles. The van der Waals surface area contributed by atoms with Gasteiger partial charge in [-0.15, -0.1) is 0 Å². The Balaban J connectivity index is 2.07. The van der Waals surface area contributed by atoms with Crippen molar-refractivity contribution in [3.8, 4) is 0 Å². The van der Waals surface area contributed by atoms with Gasteiger partial charge in [-0.2, -0.15) is 0 Å². The first-order valence-corrected chi connectivity index (χ1v) is 8.29. The molecule has 1 aliphatic carbocycles. The van der Waals surface area contributed by atoms with Crippen LogP contribution >= 0.6 is 0 Å². The lowest BCUT2D eigenvalue weighted by atomic mass is 9.77. The second-order valence-electron chi connectivity index (χ2n) is 7.01. The topological polar surface area (TPSA) is 58.4 Å². The second kappa shape index (κ2) is 6.44. The molecule has 2 rings (SSSR count). The first-order valence-electron chi connectivity index (χ1n) is 8.29. The van der Waals surface area contributed by atoms with Gasteiger partial charge in [-0.1, -0.05) is 13.8 Å². The zero-order chi connectivity index (χ0) is 14.8. The van der Waals surface area contributed by atoms with Gasteiger partial charge in [-0.3, -0.25) is 9.69 Å². The van der Waals surface area contributed by atoms with E-state index in [1.807, 2.05) is 0 Å².